The molecule has 1 N–H and O–H groups in total. The summed E-state index contributed by atoms with van der Waals surface area (Å²) in [5, 5.41) is 0. The van der Waals surface area contributed by atoms with Crippen molar-refractivity contribution < 1.29 is 4.42 Å². The predicted molar refractivity (Wildman–Crippen MR) is 38.0 cm³/mol. The van der Waals surface area contributed by atoms with E-state index in [2.05, 4.69) is 11.9 Å². The summed E-state index contributed by atoms with van der Waals surface area (Å²) in [4.78, 5) is 3.42. The summed E-state index contributed by atoms with van der Waals surface area (Å²) in [5.74, 6) is 0.905. The van der Waals surface area contributed by atoms with E-state index in [1.54, 1.807) is 0 Å². The van der Waals surface area contributed by atoms with Crippen molar-refractivity contribution in [3.8, 4) is 0 Å². The molecule has 50 valence electrons. The molecule has 0 radical (unpaired) electrons. The minimum absolute atomic E-state index is 0.476. The molecule has 2 nitrogen and oxygen atoms in total. The second-order valence-electron chi connectivity index (χ2n) is 1.90. The molecule has 0 saturated heterocycles. The van der Waals surface area contributed by atoms with Crippen LogP contribution in [0.4, 0.5) is 0 Å². The normalized spacial score (nSPS) is 10.0. The van der Waals surface area contributed by atoms with Crippen molar-refractivity contribution in [3.63, 3.8) is 0 Å². The third-order valence-electron chi connectivity index (χ3n) is 1.28. The first-order valence-electron chi connectivity index (χ1n) is 2.92. The Labute approximate surface area is 58.9 Å². The Morgan fingerprint density at radius 3 is 2.56 bits per heavy atom. The van der Waals surface area contributed by atoms with E-state index in [-0.39, 0.29) is 0 Å². The molecule has 9 heavy (non-hydrogen) atoms. The van der Waals surface area contributed by atoms with Crippen molar-refractivity contribution in [3.05, 3.63) is 16.3 Å². The molecule has 1 aromatic rings. The van der Waals surface area contributed by atoms with Crippen LogP contribution in [0.2, 0.25) is 0 Å². The summed E-state index contributed by atoms with van der Waals surface area (Å²) >= 11 is 4.76. The molecule has 0 bridgehead atoms. The second-order valence-corrected chi connectivity index (χ2v) is 2.27. The van der Waals surface area contributed by atoms with Crippen LogP contribution in [0.3, 0.4) is 0 Å². The van der Waals surface area contributed by atoms with Crippen LogP contribution in [-0.2, 0) is 6.42 Å². The van der Waals surface area contributed by atoms with E-state index in [0.29, 0.717) is 4.84 Å². The van der Waals surface area contributed by atoms with Gasteiger partial charge >= 0.3 is 0 Å². The number of rotatable bonds is 1. The third-order valence-corrected chi connectivity index (χ3v) is 1.46. The molecule has 0 spiro atoms. The Kier molecular flexibility index (Phi) is 1.71. The SMILES string of the molecule is CCc1[nH]c(=S)oc1C. The van der Waals surface area contributed by atoms with Gasteiger partial charge in [0, 0.05) is 0 Å². The molecule has 0 aliphatic heterocycles. The van der Waals surface area contributed by atoms with Gasteiger partial charge in [-0.15, -0.1) is 0 Å². The Bertz CT molecular complexity index is 248. The van der Waals surface area contributed by atoms with Crippen LogP contribution < -0.4 is 0 Å². The summed E-state index contributed by atoms with van der Waals surface area (Å²) in [6.45, 7) is 3.97. The summed E-state index contributed by atoms with van der Waals surface area (Å²) in [6.07, 6.45) is 0.950. The molecular weight excluding hydrogens is 134 g/mol. The van der Waals surface area contributed by atoms with Gasteiger partial charge in [-0.25, -0.2) is 0 Å². The quantitative estimate of drug-likeness (QED) is 0.610. The van der Waals surface area contributed by atoms with Crippen LogP contribution in [0.15, 0.2) is 4.42 Å². The zero-order chi connectivity index (χ0) is 6.85. The van der Waals surface area contributed by atoms with Gasteiger partial charge < -0.3 is 9.40 Å². The Morgan fingerprint density at radius 1 is 1.67 bits per heavy atom. The number of hydrogen-bond donors (Lipinski definition) is 1. The lowest BCUT2D eigenvalue weighted by Gasteiger charge is -1.85. The number of aromatic amines is 1. The maximum atomic E-state index is 5.06. The van der Waals surface area contributed by atoms with Gasteiger partial charge in [-0.1, -0.05) is 6.92 Å². The molecule has 0 saturated carbocycles. The van der Waals surface area contributed by atoms with Gasteiger partial charge in [-0.2, -0.15) is 0 Å². The summed E-state index contributed by atoms with van der Waals surface area (Å²) in [7, 11) is 0. The van der Waals surface area contributed by atoms with E-state index in [4.69, 9.17) is 16.6 Å². The molecule has 1 aromatic heterocycles. The molecule has 0 unspecified atom stereocenters. The average Bonchev–Trinajstić information content (AvgIpc) is 2.10. The van der Waals surface area contributed by atoms with Crippen LogP contribution >= 0.6 is 12.2 Å². The summed E-state index contributed by atoms with van der Waals surface area (Å²) in [5.41, 5.74) is 1.10. The first kappa shape index (κ1) is 6.55. The fraction of sp³-hybridized carbons (Fsp3) is 0.500. The smallest absolute Gasteiger partial charge is 0.266 e. The van der Waals surface area contributed by atoms with Crippen molar-refractivity contribution in [2.45, 2.75) is 20.3 Å². The zero-order valence-corrected chi connectivity index (χ0v) is 6.34. The van der Waals surface area contributed by atoms with Crippen molar-refractivity contribution in [2.24, 2.45) is 0 Å². The van der Waals surface area contributed by atoms with E-state index in [0.717, 1.165) is 17.9 Å². The first-order chi connectivity index (χ1) is 4.24. The van der Waals surface area contributed by atoms with E-state index in [1.807, 2.05) is 6.92 Å². The Morgan fingerprint density at radius 2 is 2.33 bits per heavy atom. The van der Waals surface area contributed by atoms with Gasteiger partial charge in [-0.05, 0) is 25.6 Å². The average molecular weight is 143 g/mol. The van der Waals surface area contributed by atoms with Crippen molar-refractivity contribution >= 4 is 12.2 Å². The number of aromatic nitrogens is 1. The van der Waals surface area contributed by atoms with Gasteiger partial charge in [0.2, 0.25) is 0 Å². The van der Waals surface area contributed by atoms with Crippen LogP contribution in [-0.4, -0.2) is 4.98 Å². The van der Waals surface area contributed by atoms with Crippen LogP contribution in [0.1, 0.15) is 18.4 Å². The topological polar surface area (TPSA) is 28.9 Å². The molecule has 3 heteroatoms. The molecule has 0 aromatic carbocycles. The number of aryl methyl sites for hydroxylation is 2. The predicted octanol–water partition coefficient (Wildman–Crippen LogP) is 2.21. The highest BCUT2D eigenvalue weighted by Gasteiger charge is 1.97. The van der Waals surface area contributed by atoms with Crippen molar-refractivity contribution in [1.82, 2.24) is 4.98 Å². The molecule has 1 heterocycles. The second kappa shape index (κ2) is 2.35. The van der Waals surface area contributed by atoms with Gasteiger partial charge in [0.1, 0.15) is 5.76 Å². The minimum Gasteiger partial charge on any atom is -0.435 e. The molecule has 0 aliphatic rings. The molecule has 0 amide bonds. The molecule has 0 aliphatic carbocycles. The highest BCUT2D eigenvalue weighted by atomic mass is 32.1. The monoisotopic (exact) mass is 143 g/mol. The first-order valence-corrected chi connectivity index (χ1v) is 3.33. The number of nitrogens with one attached hydrogen (secondary N) is 1. The largest absolute Gasteiger partial charge is 0.435 e. The van der Waals surface area contributed by atoms with E-state index in [1.165, 1.54) is 0 Å². The highest BCUT2D eigenvalue weighted by Crippen LogP contribution is 2.05. The van der Waals surface area contributed by atoms with Gasteiger partial charge in [0.25, 0.3) is 4.84 Å². The number of oxazole rings is 1. The fourth-order valence-corrected chi connectivity index (χ4v) is 1.02. The van der Waals surface area contributed by atoms with Crippen LogP contribution in [0, 0.1) is 11.8 Å². The zero-order valence-electron chi connectivity index (χ0n) is 5.52. The molecule has 0 atom stereocenters. The summed E-state index contributed by atoms with van der Waals surface area (Å²) < 4.78 is 5.06. The third kappa shape index (κ3) is 1.21. The Hall–Kier alpha value is -0.570. The van der Waals surface area contributed by atoms with Gasteiger partial charge in [0.05, 0.1) is 5.69 Å². The fourth-order valence-electron chi connectivity index (χ4n) is 0.775. The molecular formula is C6H9NOS. The van der Waals surface area contributed by atoms with E-state index < -0.39 is 0 Å². The van der Waals surface area contributed by atoms with Gasteiger partial charge in [0.15, 0.2) is 0 Å². The maximum Gasteiger partial charge on any atom is 0.266 e. The van der Waals surface area contributed by atoms with Crippen molar-refractivity contribution in [1.29, 1.82) is 0 Å². The summed E-state index contributed by atoms with van der Waals surface area (Å²) in [6, 6.07) is 0. The van der Waals surface area contributed by atoms with Gasteiger partial charge in [-0.3, -0.25) is 0 Å². The highest BCUT2D eigenvalue weighted by molar-refractivity contribution is 7.71. The van der Waals surface area contributed by atoms with Crippen LogP contribution in [0.25, 0.3) is 0 Å². The lowest BCUT2D eigenvalue weighted by molar-refractivity contribution is 0.509. The standard InChI is InChI=1S/C6H9NOS/c1-3-5-4(2)8-6(9)7-5/h3H2,1-2H3,(H,7,9). The maximum absolute atomic E-state index is 5.06. The van der Waals surface area contributed by atoms with E-state index >= 15 is 0 Å². The number of H-pyrrole nitrogens is 1. The number of hydrogen-bond acceptors (Lipinski definition) is 2. The lowest BCUT2D eigenvalue weighted by Crippen LogP contribution is -1.80. The van der Waals surface area contributed by atoms with E-state index in [9.17, 15) is 0 Å². The van der Waals surface area contributed by atoms with Crippen LogP contribution in [0.5, 0.6) is 0 Å². The molecule has 1 rings (SSSR count). The minimum atomic E-state index is 0.476. The Balaban J connectivity index is 3.16. The molecule has 0 fully saturated rings. The lowest BCUT2D eigenvalue weighted by atomic mass is 10.3. The van der Waals surface area contributed by atoms with Crippen molar-refractivity contribution in [2.75, 3.05) is 0 Å².